The van der Waals surface area contributed by atoms with Crippen molar-refractivity contribution in [3.63, 3.8) is 0 Å². The molecule has 0 heterocycles. The molecule has 39 heavy (non-hydrogen) atoms. The molecule has 0 saturated heterocycles. The molecule has 1 aliphatic carbocycles. The highest BCUT2D eigenvalue weighted by Crippen LogP contribution is 2.34. The number of hydrogen-bond acceptors (Lipinski definition) is 2. The number of carbonyl (C=O) groups is 1. The molecule has 0 unspecified atom stereocenters. The molecule has 0 atom stereocenters. The Labute approximate surface area is 226 Å². The van der Waals surface area contributed by atoms with Gasteiger partial charge in [0.25, 0.3) is 0 Å². The maximum absolute atomic E-state index is 14.6. The van der Waals surface area contributed by atoms with E-state index in [1.54, 1.807) is 0 Å². The van der Waals surface area contributed by atoms with Crippen LogP contribution in [0.3, 0.4) is 0 Å². The standard InChI is InChI=1S/C32H33F5O2/c1-2-3-20-4-6-21(7-5-20)8-9-22-10-12-23(13-11-22)14-15-24-16-26(33)30(27(34)17-24)32(38)39-25-18-28(35)31(37)29(36)19-25/h4-7,16-19,22-23H,2-3,8-15H2,1H3. The second-order valence-electron chi connectivity index (χ2n) is 10.6. The minimum Gasteiger partial charge on any atom is -0.423 e. The normalized spacial score (nSPS) is 17.3. The Morgan fingerprint density at radius 2 is 1.15 bits per heavy atom. The first-order chi connectivity index (χ1) is 18.7. The van der Waals surface area contributed by atoms with Gasteiger partial charge in [-0.25, -0.2) is 26.7 Å². The Morgan fingerprint density at radius 3 is 1.64 bits per heavy atom. The van der Waals surface area contributed by atoms with Crippen LogP contribution in [0.25, 0.3) is 0 Å². The second-order valence-corrected chi connectivity index (χ2v) is 10.6. The lowest BCUT2D eigenvalue weighted by molar-refractivity contribution is 0.0723. The number of rotatable bonds is 10. The second kappa shape index (κ2) is 13.2. The number of carbonyl (C=O) groups excluding carboxylic acids is 1. The van der Waals surface area contributed by atoms with Gasteiger partial charge in [0.2, 0.25) is 0 Å². The summed E-state index contributed by atoms with van der Waals surface area (Å²) in [5.41, 5.74) is 2.22. The van der Waals surface area contributed by atoms with E-state index >= 15 is 0 Å². The third-order valence-corrected chi connectivity index (χ3v) is 7.68. The smallest absolute Gasteiger partial charge is 0.349 e. The van der Waals surface area contributed by atoms with E-state index in [1.165, 1.54) is 17.5 Å². The van der Waals surface area contributed by atoms with Crippen LogP contribution in [-0.2, 0) is 19.3 Å². The molecule has 1 fully saturated rings. The van der Waals surface area contributed by atoms with E-state index in [0.29, 0.717) is 36.0 Å². The predicted molar refractivity (Wildman–Crippen MR) is 140 cm³/mol. The number of benzene rings is 3. The minimum atomic E-state index is -1.74. The molecule has 0 amide bonds. The van der Waals surface area contributed by atoms with Crippen LogP contribution in [-0.4, -0.2) is 5.97 Å². The third-order valence-electron chi connectivity index (χ3n) is 7.68. The number of halogens is 5. The van der Waals surface area contributed by atoms with Gasteiger partial charge in [-0.1, -0.05) is 63.3 Å². The molecule has 0 spiro atoms. The first-order valence-corrected chi connectivity index (χ1v) is 13.7. The average Bonchev–Trinajstić information content (AvgIpc) is 2.90. The van der Waals surface area contributed by atoms with Gasteiger partial charge in [-0.2, -0.15) is 0 Å². The van der Waals surface area contributed by atoms with Crippen molar-refractivity contribution >= 4 is 5.97 Å². The Kier molecular flexibility index (Phi) is 9.76. The van der Waals surface area contributed by atoms with Gasteiger partial charge in [0, 0.05) is 12.1 Å². The van der Waals surface area contributed by atoms with E-state index in [-0.39, 0.29) is 0 Å². The van der Waals surface area contributed by atoms with E-state index in [2.05, 4.69) is 35.9 Å². The minimum absolute atomic E-state index is 0.425. The van der Waals surface area contributed by atoms with Gasteiger partial charge >= 0.3 is 5.97 Å². The third kappa shape index (κ3) is 7.68. The molecule has 0 aromatic heterocycles. The topological polar surface area (TPSA) is 26.3 Å². The summed E-state index contributed by atoms with van der Waals surface area (Å²) < 4.78 is 73.8. The molecule has 0 N–H and O–H groups in total. The maximum Gasteiger partial charge on any atom is 0.349 e. The molecule has 1 aliphatic rings. The highest BCUT2D eigenvalue weighted by Gasteiger charge is 2.24. The lowest BCUT2D eigenvalue weighted by Gasteiger charge is -2.28. The highest BCUT2D eigenvalue weighted by molar-refractivity contribution is 5.91. The quantitative estimate of drug-likeness (QED) is 0.110. The summed E-state index contributed by atoms with van der Waals surface area (Å²) in [5, 5.41) is 0. The van der Waals surface area contributed by atoms with Crippen molar-refractivity contribution in [1.82, 2.24) is 0 Å². The highest BCUT2D eigenvalue weighted by atomic mass is 19.2. The molecule has 0 bridgehead atoms. The van der Waals surface area contributed by atoms with Crippen LogP contribution in [0.5, 0.6) is 5.75 Å². The van der Waals surface area contributed by atoms with Crippen molar-refractivity contribution in [2.45, 2.75) is 71.1 Å². The van der Waals surface area contributed by atoms with Crippen LogP contribution in [0.15, 0.2) is 48.5 Å². The average molecular weight is 545 g/mol. The molecule has 7 heteroatoms. The van der Waals surface area contributed by atoms with E-state index in [9.17, 15) is 26.7 Å². The summed E-state index contributed by atoms with van der Waals surface area (Å²) in [6, 6.07) is 12.0. The molecule has 3 aromatic carbocycles. The van der Waals surface area contributed by atoms with Crippen LogP contribution >= 0.6 is 0 Å². The first kappa shape index (κ1) is 28.8. The zero-order valence-electron chi connectivity index (χ0n) is 22.1. The first-order valence-electron chi connectivity index (χ1n) is 13.7. The van der Waals surface area contributed by atoms with Gasteiger partial charge in [0.15, 0.2) is 17.5 Å². The van der Waals surface area contributed by atoms with Gasteiger partial charge in [-0.3, -0.25) is 0 Å². The number of hydrogen-bond donors (Lipinski definition) is 0. The zero-order valence-corrected chi connectivity index (χ0v) is 22.1. The fourth-order valence-electron chi connectivity index (χ4n) is 5.43. The Morgan fingerprint density at radius 1 is 0.692 bits per heavy atom. The summed E-state index contributed by atoms with van der Waals surface area (Å²) in [6.45, 7) is 2.18. The van der Waals surface area contributed by atoms with Gasteiger partial charge in [0.05, 0.1) is 0 Å². The molecular formula is C32H33F5O2. The fourth-order valence-corrected chi connectivity index (χ4v) is 5.43. The van der Waals surface area contributed by atoms with Crippen molar-refractivity contribution < 1.29 is 31.5 Å². The molecule has 208 valence electrons. The SMILES string of the molecule is CCCc1ccc(CCC2CCC(CCc3cc(F)c(C(=O)Oc4cc(F)c(F)c(F)c4)c(F)c3)CC2)cc1. The van der Waals surface area contributed by atoms with Gasteiger partial charge < -0.3 is 4.74 Å². The lowest BCUT2D eigenvalue weighted by Crippen LogP contribution is -2.16. The van der Waals surface area contributed by atoms with Gasteiger partial charge in [0.1, 0.15) is 22.9 Å². The summed E-state index contributed by atoms with van der Waals surface area (Å²) in [5.74, 6) is -8.13. The van der Waals surface area contributed by atoms with E-state index in [0.717, 1.165) is 63.5 Å². The number of esters is 1. The Bertz CT molecular complexity index is 1230. The van der Waals surface area contributed by atoms with Crippen molar-refractivity contribution in [3.8, 4) is 5.75 Å². The monoisotopic (exact) mass is 544 g/mol. The molecule has 1 saturated carbocycles. The van der Waals surface area contributed by atoms with E-state index in [4.69, 9.17) is 0 Å². The summed E-state index contributed by atoms with van der Waals surface area (Å²) >= 11 is 0. The predicted octanol–water partition coefficient (Wildman–Crippen LogP) is 8.93. The van der Waals surface area contributed by atoms with Gasteiger partial charge in [-0.05, 0) is 72.8 Å². The Hall–Kier alpha value is -3.22. The van der Waals surface area contributed by atoms with E-state index in [1.807, 2.05) is 0 Å². The van der Waals surface area contributed by atoms with E-state index < -0.39 is 46.4 Å². The molecule has 2 nitrogen and oxygen atoms in total. The van der Waals surface area contributed by atoms with Crippen molar-refractivity contribution in [3.05, 3.63) is 99.9 Å². The molecule has 0 radical (unpaired) electrons. The van der Waals surface area contributed by atoms with Gasteiger partial charge in [-0.15, -0.1) is 0 Å². The van der Waals surface area contributed by atoms with Crippen LogP contribution in [0.1, 0.15) is 78.9 Å². The number of ether oxygens (including phenoxy) is 1. The molecule has 3 aromatic rings. The van der Waals surface area contributed by atoms with Crippen LogP contribution in [0, 0.1) is 40.9 Å². The zero-order chi connectivity index (χ0) is 27.9. The van der Waals surface area contributed by atoms with Crippen LogP contribution in [0.2, 0.25) is 0 Å². The Balaban J connectivity index is 1.25. The summed E-state index contributed by atoms with van der Waals surface area (Å²) in [6.07, 6.45) is 10.2. The summed E-state index contributed by atoms with van der Waals surface area (Å²) in [4.78, 5) is 12.3. The summed E-state index contributed by atoms with van der Waals surface area (Å²) in [7, 11) is 0. The van der Waals surface area contributed by atoms with Crippen LogP contribution in [0.4, 0.5) is 22.0 Å². The lowest BCUT2D eigenvalue weighted by atomic mass is 9.77. The van der Waals surface area contributed by atoms with Crippen molar-refractivity contribution in [1.29, 1.82) is 0 Å². The van der Waals surface area contributed by atoms with Crippen LogP contribution < -0.4 is 4.74 Å². The largest absolute Gasteiger partial charge is 0.423 e. The molecule has 0 aliphatic heterocycles. The molecular weight excluding hydrogens is 511 g/mol. The maximum atomic E-state index is 14.6. The number of aryl methyl sites for hydroxylation is 3. The molecule has 4 rings (SSSR count). The van der Waals surface area contributed by atoms with Crippen molar-refractivity contribution in [2.24, 2.45) is 11.8 Å². The van der Waals surface area contributed by atoms with Crippen molar-refractivity contribution in [2.75, 3.05) is 0 Å². The fraction of sp³-hybridized carbons (Fsp3) is 0.406.